The number of carbonyl (C=O) groups is 1. The number of methoxy groups -OCH3 is 2. The van der Waals surface area contributed by atoms with Crippen LogP contribution in [0.4, 0.5) is 0 Å². The van der Waals surface area contributed by atoms with Gasteiger partial charge < -0.3 is 15.2 Å². The summed E-state index contributed by atoms with van der Waals surface area (Å²) in [7, 11) is 3.31. The molecule has 2 aromatic carbocycles. The van der Waals surface area contributed by atoms with Gasteiger partial charge >= 0.3 is 0 Å². The van der Waals surface area contributed by atoms with Gasteiger partial charge in [-0.3, -0.25) is 9.69 Å². The zero-order valence-electron chi connectivity index (χ0n) is 18.3. The molecule has 1 aromatic heterocycles. The molecule has 0 radical (unpaired) electrons. The maximum absolute atomic E-state index is 11.7. The standard InChI is InChI=1S/C23H28N6O3/c1-31-18-9-7-16(8-10-18)15-29-23(25-26-27-29)21(19-5-3-4-6-20(19)32-2)28-13-11-17(12-14-28)22(24)30/h3-10,17,21H,11-15H2,1-2H3,(H2,24,30)/t21-/m1/s1. The van der Waals surface area contributed by atoms with Crippen LogP contribution < -0.4 is 15.2 Å². The van der Waals surface area contributed by atoms with Crippen molar-refractivity contribution in [3.8, 4) is 11.5 Å². The molecular formula is C23H28N6O3. The summed E-state index contributed by atoms with van der Waals surface area (Å²) in [6.45, 7) is 1.95. The Morgan fingerprint density at radius 1 is 1.09 bits per heavy atom. The van der Waals surface area contributed by atoms with E-state index in [1.807, 2.05) is 53.2 Å². The van der Waals surface area contributed by atoms with Gasteiger partial charge in [-0.25, -0.2) is 4.68 Å². The highest BCUT2D eigenvalue weighted by atomic mass is 16.5. The van der Waals surface area contributed by atoms with Crippen LogP contribution in [0.25, 0.3) is 0 Å². The average molecular weight is 437 g/mol. The number of amides is 1. The second-order valence-electron chi connectivity index (χ2n) is 7.90. The lowest BCUT2D eigenvalue weighted by molar-refractivity contribution is -0.123. The second kappa shape index (κ2) is 9.78. The van der Waals surface area contributed by atoms with E-state index in [1.54, 1.807) is 14.2 Å². The molecule has 1 aliphatic heterocycles. The fourth-order valence-electron chi connectivity index (χ4n) is 4.26. The topological polar surface area (TPSA) is 108 Å². The summed E-state index contributed by atoms with van der Waals surface area (Å²) in [6.07, 6.45) is 1.42. The van der Waals surface area contributed by atoms with Crippen molar-refractivity contribution in [1.82, 2.24) is 25.1 Å². The molecule has 1 aliphatic rings. The van der Waals surface area contributed by atoms with Gasteiger partial charge in [-0.1, -0.05) is 30.3 Å². The van der Waals surface area contributed by atoms with E-state index in [9.17, 15) is 4.79 Å². The number of likely N-dealkylation sites (tertiary alicyclic amines) is 1. The van der Waals surface area contributed by atoms with Gasteiger partial charge in [-0.05, 0) is 60.1 Å². The van der Waals surface area contributed by atoms with Crippen molar-refractivity contribution in [2.75, 3.05) is 27.3 Å². The molecule has 3 aromatic rings. The zero-order valence-corrected chi connectivity index (χ0v) is 18.3. The molecule has 0 spiro atoms. The van der Waals surface area contributed by atoms with Gasteiger partial charge in [0.2, 0.25) is 5.91 Å². The molecule has 0 aliphatic carbocycles. The van der Waals surface area contributed by atoms with Crippen LogP contribution in [-0.2, 0) is 11.3 Å². The monoisotopic (exact) mass is 436 g/mol. The van der Waals surface area contributed by atoms with Crippen LogP contribution in [0.3, 0.4) is 0 Å². The number of benzene rings is 2. The molecule has 9 nitrogen and oxygen atoms in total. The molecule has 0 saturated carbocycles. The van der Waals surface area contributed by atoms with E-state index in [2.05, 4.69) is 20.4 Å². The van der Waals surface area contributed by atoms with Crippen LogP contribution in [0, 0.1) is 5.92 Å². The van der Waals surface area contributed by atoms with E-state index in [-0.39, 0.29) is 17.9 Å². The molecule has 9 heteroatoms. The number of aromatic nitrogens is 4. The van der Waals surface area contributed by atoms with Gasteiger partial charge in [0.1, 0.15) is 17.5 Å². The molecule has 0 bridgehead atoms. The van der Waals surface area contributed by atoms with Crippen LogP contribution in [-0.4, -0.2) is 58.3 Å². The van der Waals surface area contributed by atoms with Crippen LogP contribution in [0.2, 0.25) is 0 Å². The third-order valence-electron chi connectivity index (χ3n) is 6.03. The summed E-state index contributed by atoms with van der Waals surface area (Å²) < 4.78 is 12.7. The third-order valence-corrected chi connectivity index (χ3v) is 6.03. The van der Waals surface area contributed by atoms with Crippen molar-refractivity contribution in [3.63, 3.8) is 0 Å². The van der Waals surface area contributed by atoms with E-state index in [0.29, 0.717) is 32.5 Å². The highest BCUT2D eigenvalue weighted by Crippen LogP contribution is 2.36. The number of nitrogens with two attached hydrogens (primary N) is 1. The lowest BCUT2D eigenvalue weighted by atomic mass is 9.93. The Kier molecular flexibility index (Phi) is 6.65. The molecule has 1 fully saturated rings. The molecule has 4 rings (SSSR count). The summed E-state index contributed by atoms with van der Waals surface area (Å²) in [5, 5.41) is 12.7. The SMILES string of the molecule is COc1ccc(Cn2nnnc2[C@@H](c2ccccc2OC)N2CCC(C(N)=O)CC2)cc1. The molecule has 2 N–H and O–H groups in total. The van der Waals surface area contributed by atoms with E-state index in [1.165, 1.54) is 0 Å². The van der Waals surface area contributed by atoms with Crippen molar-refractivity contribution in [1.29, 1.82) is 0 Å². The van der Waals surface area contributed by atoms with E-state index >= 15 is 0 Å². The number of hydrogen-bond donors (Lipinski definition) is 1. The molecule has 1 amide bonds. The Bertz CT molecular complexity index is 1040. The predicted molar refractivity (Wildman–Crippen MR) is 118 cm³/mol. The van der Waals surface area contributed by atoms with Crippen LogP contribution in [0.5, 0.6) is 11.5 Å². The zero-order chi connectivity index (χ0) is 22.5. The number of piperidine rings is 1. The Balaban J connectivity index is 1.68. The fraction of sp³-hybridized carbons (Fsp3) is 0.391. The average Bonchev–Trinajstić information content (AvgIpc) is 3.28. The number of hydrogen-bond acceptors (Lipinski definition) is 7. The van der Waals surface area contributed by atoms with E-state index in [4.69, 9.17) is 15.2 Å². The number of tetrazole rings is 1. The molecule has 168 valence electrons. The summed E-state index contributed by atoms with van der Waals surface area (Å²) in [4.78, 5) is 14.0. The lowest BCUT2D eigenvalue weighted by Gasteiger charge is -2.36. The van der Waals surface area contributed by atoms with Gasteiger partial charge in [-0.2, -0.15) is 0 Å². The largest absolute Gasteiger partial charge is 0.497 e. The quantitative estimate of drug-likeness (QED) is 0.575. The Labute approximate surface area is 187 Å². The first-order valence-corrected chi connectivity index (χ1v) is 10.7. The minimum Gasteiger partial charge on any atom is -0.497 e. The number of ether oxygens (including phenoxy) is 2. The van der Waals surface area contributed by atoms with Gasteiger partial charge in [0.25, 0.3) is 0 Å². The number of rotatable bonds is 8. The first-order chi connectivity index (χ1) is 15.6. The number of carbonyl (C=O) groups excluding carboxylic acids is 1. The van der Waals surface area contributed by atoms with Crippen molar-refractivity contribution in [2.24, 2.45) is 11.7 Å². The van der Waals surface area contributed by atoms with E-state index in [0.717, 1.165) is 28.5 Å². The predicted octanol–water partition coefficient (Wildman–Crippen LogP) is 2.03. The maximum Gasteiger partial charge on any atom is 0.220 e. The normalized spacial score (nSPS) is 15.9. The van der Waals surface area contributed by atoms with Gasteiger partial charge in [-0.15, -0.1) is 5.10 Å². The van der Waals surface area contributed by atoms with Crippen molar-refractivity contribution >= 4 is 5.91 Å². The first-order valence-electron chi connectivity index (χ1n) is 10.7. The highest BCUT2D eigenvalue weighted by molar-refractivity contribution is 5.76. The molecular weight excluding hydrogens is 408 g/mol. The fourth-order valence-corrected chi connectivity index (χ4v) is 4.26. The molecule has 1 saturated heterocycles. The number of para-hydroxylation sites is 1. The molecule has 0 unspecified atom stereocenters. The van der Waals surface area contributed by atoms with Crippen LogP contribution in [0.15, 0.2) is 48.5 Å². The minimum atomic E-state index is -0.233. The van der Waals surface area contributed by atoms with Gasteiger partial charge in [0.05, 0.1) is 20.8 Å². The van der Waals surface area contributed by atoms with Crippen molar-refractivity contribution < 1.29 is 14.3 Å². The van der Waals surface area contributed by atoms with E-state index < -0.39 is 0 Å². The molecule has 2 heterocycles. The Morgan fingerprint density at radius 2 is 1.81 bits per heavy atom. The molecule has 1 atom stereocenters. The minimum absolute atomic E-state index is 0.0973. The Morgan fingerprint density at radius 3 is 2.47 bits per heavy atom. The van der Waals surface area contributed by atoms with Gasteiger partial charge in [0, 0.05) is 11.5 Å². The summed E-state index contributed by atoms with van der Waals surface area (Å²) >= 11 is 0. The number of primary amides is 1. The first kappa shape index (κ1) is 21.8. The second-order valence-corrected chi connectivity index (χ2v) is 7.90. The lowest BCUT2D eigenvalue weighted by Crippen LogP contribution is -2.41. The van der Waals surface area contributed by atoms with Crippen molar-refractivity contribution in [2.45, 2.75) is 25.4 Å². The summed E-state index contributed by atoms with van der Waals surface area (Å²) in [5.41, 5.74) is 7.59. The smallest absolute Gasteiger partial charge is 0.220 e. The van der Waals surface area contributed by atoms with Gasteiger partial charge in [0.15, 0.2) is 5.82 Å². The highest BCUT2D eigenvalue weighted by Gasteiger charge is 2.34. The summed E-state index contributed by atoms with van der Waals surface area (Å²) in [6, 6.07) is 15.5. The maximum atomic E-state index is 11.7. The summed E-state index contributed by atoms with van der Waals surface area (Å²) in [5.74, 6) is 1.97. The number of nitrogens with zero attached hydrogens (tertiary/aromatic N) is 5. The Hall–Kier alpha value is -3.46. The third kappa shape index (κ3) is 4.57. The van der Waals surface area contributed by atoms with Crippen LogP contribution >= 0.6 is 0 Å². The van der Waals surface area contributed by atoms with Crippen molar-refractivity contribution in [3.05, 3.63) is 65.5 Å². The van der Waals surface area contributed by atoms with Crippen LogP contribution in [0.1, 0.15) is 35.8 Å². The molecule has 32 heavy (non-hydrogen) atoms.